The van der Waals surface area contributed by atoms with Gasteiger partial charge in [0.05, 0.1) is 35.7 Å². The quantitative estimate of drug-likeness (QED) is 0.239. The number of hydrogen-bond donors (Lipinski definition) is 1. The second-order valence-electron chi connectivity index (χ2n) is 12.7. The monoisotopic (exact) mass is 633 g/mol. The fraction of sp³-hybridized carbons (Fsp3) is 0.452. The summed E-state index contributed by atoms with van der Waals surface area (Å²) < 4.78 is 7.63. The molecule has 2 heterocycles. The first-order valence-electron chi connectivity index (χ1n) is 14.4. The molecule has 4 aliphatic carbocycles. The molecule has 2 aromatic carbocycles. The Morgan fingerprint density at radius 3 is 2.62 bits per heavy atom. The number of para-hydroxylation sites is 1. The molecule has 1 N–H and O–H groups in total. The molecule has 42 heavy (non-hydrogen) atoms. The number of methoxy groups -OCH3 is 1. The average molecular weight is 635 g/mol. The van der Waals surface area contributed by atoms with E-state index in [0.717, 1.165) is 49.8 Å². The zero-order valence-corrected chi connectivity index (χ0v) is 24.9. The third-order valence-electron chi connectivity index (χ3n) is 9.85. The number of carbonyl (C=O) groups is 1. The predicted molar refractivity (Wildman–Crippen MR) is 158 cm³/mol. The Balaban J connectivity index is 1.22. The number of amides is 1. The number of hydrogen-bond acceptors (Lipinski definition) is 7. The van der Waals surface area contributed by atoms with Gasteiger partial charge in [-0.2, -0.15) is 9.78 Å². The minimum absolute atomic E-state index is 0.0640. The third-order valence-corrected chi connectivity index (χ3v) is 10.4. The fourth-order valence-electron chi connectivity index (χ4n) is 8.72. The molecule has 5 aliphatic rings. The SMILES string of the molecule is COc1cccc(C2=NN(C(=O)CC34CC5CC(C3)CC(n3cc(Br)c([N+](=O)[O-])n3)(C5)C4)C(c3ccccc3O)C2)c1. The number of phenols is 1. The van der Waals surface area contributed by atoms with Crippen LogP contribution in [0.5, 0.6) is 11.5 Å². The van der Waals surface area contributed by atoms with Crippen LogP contribution < -0.4 is 4.74 Å². The molecule has 1 aliphatic heterocycles. The topological polar surface area (TPSA) is 123 Å². The number of rotatable bonds is 7. The Hall–Kier alpha value is -3.73. The Labute approximate surface area is 251 Å². The molecule has 0 spiro atoms. The lowest BCUT2D eigenvalue weighted by atomic mass is 9.46. The number of aromatic nitrogens is 2. The van der Waals surface area contributed by atoms with Crippen molar-refractivity contribution < 1.29 is 19.6 Å². The van der Waals surface area contributed by atoms with Crippen molar-refractivity contribution in [2.45, 2.75) is 62.9 Å². The molecule has 0 radical (unpaired) electrons. The van der Waals surface area contributed by atoms with E-state index in [9.17, 15) is 20.0 Å². The van der Waals surface area contributed by atoms with E-state index in [-0.39, 0.29) is 28.4 Å². The van der Waals surface area contributed by atoms with Crippen molar-refractivity contribution >= 4 is 33.4 Å². The molecule has 3 atom stereocenters. The largest absolute Gasteiger partial charge is 0.508 e. The summed E-state index contributed by atoms with van der Waals surface area (Å²) in [6, 6.07) is 14.4. The summed E-state index contributed by atoms with van der Waals surface area (Å²) in [7, 11) is 1.62. The molecule has 3 aromatic rings. The van der Waals surface area contributed by atoms with Crippen molar-refractivity contribution in [1.29, 1.82) is 0 Å². The second-order valence-corrected chi connectivity index (χ2v) is 13.5. The highest BCUT2D eigenvalue weighted by atomic mass is 79.9. The van der Waals surface area contributed by atoms with Gasteiger partial charge in [-0.05, 0) is 94.8 Å². The summed E-state index contributed by atoms with van der Waals surface area (Å²) in [5, 5.41) is 33.2. The minimum atomic E-state index is -0.454. The van der Waals surface area contributed by atoms with E-state index >= 15 is 0 Å². The number of carbonyl (C=O) groups excluding carboxylic acids is 1. The highest BCUT2D eigenvalue weighted by Crippen LogP contribution is 2.65. The maximum absolute atomic E-state index is 14.3. The molecule has 218 valence electrons. The second kappa shape index (κ2) is 9.93. The number of nitrogens with zero attached hydrogens (tertiary/aromatic N) is 5. The molecular weight excluding hydrogens is 602 g/mol. The number of benzene rings is 2. The highest BCUT2D eigenvalue weighted by molar-refractivity contribution is 9.10. The van der Waals surface area contributed by atoms with Gasteiger partial charge in [-0.15, -0.1) is 0 Å². The van der Waals surface area contributed by atoms with Crippen LogP contribution in [0, 0.1) is 27.4 Å². The van der Waals surface area contributed by atoms with Gasteiger partial charge in [0, 0.05) is 24.0 Å². The molecule has 11 heteroatoms. The van der Waals surface area contributed by atoms with E-state index < -0.39 is 11.0 Å². The summed E-state index contributed by atoms with van der Waals surface area (Å²) in [5.41, 5.74) is 1.75. The van der Waals surface area contributed by atoms with Crippen LogP contribution in [0.2, 0.25) is 0 Å². The summed E-state index contributed by atoms with van der Waals surface area (Å²) in [6.45, 7) is 0. The number of aromatic hydroxyl groups is 1. The summed E-state index contributed by atoms with van der Waals surface area (Å²) in [5.74, 6) is 1.52. The van der Waals surface area contributed by atoms with Crippen molar-refractivity contribution in [2.75, 3.05) is 7.11 Å². The van der Waals surface area contributed by atoms with Gasteiger partial charge in [-0.3, -0.25) is 4.79 Å². The van der Waals surface area contributed by atoms with E-state index in [4.69, 9.17) is 9.84 Å². The maximum Gasteiger partial charge on any atom is 0.404 e. The molecule has 3 unspecified atom stereocenters. The van der Waals surface area contributed by atoms with Crippen LogP contribution in [-0.4, -0.2) is 43.5 Å². The predicted octanol–water partition coefficient (Wildman–Crippen LogP) is 6.33. The molecule has 1 amide bonds. The molecule has 0 saturated heterocycles. The Morgan fingerprint density at radius 2 is 1.93 bits per heavy atom. The van der Waals surface area contributed by atoms with Gasteiger partial charge in [0.15, 0.2) is 0 Å². The molecule has 1 aromatic heterocycles. The number of phenolic OH excluding ortho intramolecular Hbond substituents is 1. The Bertz CT molecular complexity index is 1600. The van der Waals surface area contributed by atoms with E-state index in [0.29, 0.717) is 40.5 Å². The van der Waals surface area contributed by atoms with Crippen molar-refractivity contribution in [3.05, 3.63) is 80.4 Å². The van der Waals surface area contributed by atoms with Crippen molar-refractivity contribution in [3.8, 4) is 11.5 Å². The van der Waals surface area contributed by atoms with Crippen LogP contribution in [-0.2, 0) is 10.3 Å². The van der Waals surface area contributed by atoms with Gasteiger partial charge < -0.3 is 20.0 Å². The third kappa shape index (κ3) is 4.49. The molecule has 4 fully saturated rings. The lowest BCUT2D eigenvalue weighted by molar-refractivity contribution is -0.390. The van der Waals surface area contributed by atoms with Gasteiger partial charge in [0.25, 0.3) is 0 Å². The fourth-order valence-corrected chi connectivity index (χ4v) is 9.14. The van der Waals surface area contributed by atoms with E-state index in [2.05, 4.69) is 21.0 Å². The highest BCUT2D eigenvalue weighted by Gasteiger charge is 2.61. The van der Waals surface area contributed by atoms with Crippen LogP contribution in [0.15, 0.2) is 64.3 Å². The standard InChI is InChI=1S/C31H32BrN5O5/c1-42-22-6-4-5-21(10-22)25-11-26(23-7-2-3-8-27(23)38)36(33-25)28(39)16-30-12-19-9-20(13-30)15-31(14-19,18-30)35-17-24(32)29(34-35)37(40)41/h2-8,10,17,19-20,26,38H,9,11-16,18H2,1H3. The average Bonchev–Trinajstić information content (AvgIpc) is 3.57. The smallest absolute Gasteiger partial charge is 0.404 e. The summed E-state index contributed by atoms with van der Waals surface area (Å²) in [6.07, 6.45) is 8.22. The van der Waals surface area contributed by atoms with Crippen LogP contribution in [0.4, 0.5) is 5.82 Å². The number of nitro groups is 1. The lowest BCUT2D eigenvalue weighted by Crippen LogP contribution is -2.57. The molecule has 4 saturated carbocycles. The van der Waals surface area contributed by atoms with Crippen LogP contribution in [0.3, 0.4) is 0 Å². The molecular formula is C31H32BrN5O5. The minimum Gasteiger partial charge on any atom is -0.508 e. The lowest BCUT2D eigenvalue weighted by Gasteiger charge is -2.61. The normalized spacial score (nSPS) is 29.5. The molecule has 10 nitrogen and oxygen atoms in total. The molecule has 4 bridgehead atoms. The van der Waals surface area contributed by atoms with E-state index in [1.807, 2.05) is 41.1 Å². The number of hydrazone groups is 1. The van der Waals surface area contributed by atoms with Gasteiger partial charge in [0.2, 0.25) is 5.91 Å². The van der Waals surface area contributed by atoms with Gasteiger partial charge >= 0.3 is 5.82 Å². The summed E-state index contributed by atoms with van der Waals surface area (Å²) in [4.78, 5) is 25.4. The first-order chi connectivity index (χ1) is 20.2. The zero-order chi connectivity index (χ0) is 29.2. The zero-order valence-electron chi connectivity index (χ0n) is 23.3. The van der Waals surface area contributed by atoms with E-state index in [1.165, 1.54) is 0 Å². The Kier molecular flexibility index (Phi) is 6.41. The molecule has 8 rings (SSSR count). The van der Waals surface area contributed by atoms with Crippen molar-refractivity contribution in [1.82, 2.24) is 14.8 Å². The first-order valence-corrected chi connectivity index (χ1v) is 15.2. The number of ether oxygens (including phenoxy) is 1. The first kappa shape index (κ1) is 27.1. The van der Waals surface area contributed by atoms with E-state index in [1.54, 1.807) is 30.4 Å². The van der Waals surface area contributed by atoms with Crippen LogP contribution in [0.1, 0.15) is 68.5 Å². The Morgan fingerprint density at radius 1 is 1.17 bits per heavy atom. The summed E-state index contributed by atoms with van der Waals surface area (Å²) >= 11 is 3.34. The van der Waals surface area contributed by atoms with Crippen molar-refractivity contribution in [2.24, 2.45) is 22.4 Å². The van der Waals surface area contributed by atoms with Gasteiger partial charge in [-0.1, -0.05) is 30.3 Å². The van der Waals surface area contributed by atoms with Crippen LogP contribution in [0.25, 0.3) is 0 Å². The maximum atomic E-state index is 14.3. The van der Waals surface area contributed by atoms with Gasteiger partial charge in [0.1, 0.15) is 16.0 Å². The van der Waals surface area contributed by atoms with Crippen LogP contribution >= 0.6 is 15.9 Å². The number of halogens is 1. The van der Waals surface area contributed by atoms with Crippen molar-refractivity contribution in [3.63, 3.8) is 0 Å². The van der Waals surface area contributed by atoms with Gasteiger partial charge in [-0.25, -0.2) is 5.01 Å².